The first kappa shape index (κ1) is 19.7. The molecule has 4 aromatic rings. The molecule has 0 aliphatic carbocycles. The van der Waals surface area contributed by atoms with Crippen molar-refractivity contribution >= 4 is 17.6 Å². The van der Waals surface area contributed by atoms with E-state index in [0.717, 1.165) is 11.1 Å². The van der Waals surface area contributed by atoms with Crippen LogP contribution in [0.1, 0.15) is 23.0 Å². The van der Waals surface area contributed by atoms with Gasteiger partial charge in [0.05, 0.1) is 24.2 Å². The fraction of sp³-hybridized carbons (Fsp3) is 0.136. The van der Waals surface area contributed by atoms with Crippen molar-refractivity contribution < 1.29 is 9.53 Å². The van der Waals surface area contributed by atoms with Crippen molar-refractivity contribution in [3.05, 3.63) is 77.1 Å². The molecule has 0 bridgehead atoms. The smallest absolute Gasteiger partial charge is 0.342 e. The Balaban J connectivity index is 1.83. The summed E-state index contributed by atoms with van der Waals surface area (Å²) in [6.45, 7) is 3.75. The maximum Gasteiger partial charge on any atom is 0.342 e. The predicted molar refractivity (Wildman–Crippen MR) is 114 cm³/mol. The summed E-state index contributed by atoms with van der Waals surface area (Å²) in [5, 5.41) is 8.97. The fourth-order valence-corrected chi connectivity index (χ4v) is 3.15. The van der Waals surface area contributed by atoms with E-state index in [0.29, 0.717) is 33.6 Å². The van der Waals surface area contributed by atoms with Gasteiger partial charge in [0.2, 0.25) is 0 Å². The van der Waals surface area contributed by atoms with Crippen LogP contribution in [0.15, 0.2) is 60.8 Å². The summed E-state index contributed by atoms with van der Waals surface area (Å²) in [4.78, 5) is 21.7. The van der Waals surface area contributed by atoms with Crippen molar-refractivity contribution in [2.24, 2.45) is 0 Å². The molecule has 0 radical (unpaired) electrons. The molecule has 0 saturated heterocycles. The molecule has 7 nitrogen and oxygen atoms in total. The Morgan fingerprint density at radius 3 is 2.47 bits per heavy atom. The van der Waals surface area contributed by atoms with Crippen molar-refractivity contribution in [2.45, 2.75) is 13.8 Å². The lowest BCUT2D eigenvalue weighted by atomic mass is 10.0. The van der Waals surface area contributed by atoms with E-state index in [4.69, 9.17) is 16.3 Å². The van der Waals surface area contributed by atoms with Crippen LogP contribution >= 0.6 is 11.6 Å². The molecule has 0 unspecified atom stereocenters. The number of benzene rings is 2. The molecule has 8 heteroatoms. The molecular weight excluding hydrogens is 402 g/mol. The Hall–Kier alpha value is -3.58. The number of halogens is 1. The third-order valence-corrected chi connectivity index (χ3v) is 4.70. The van der Waals surface area contributed by atoms with E-state index >= 15 is 0 Å². The second-order valence-corrected chi connectivity index (χ2v) is 6.91. The SMILES string of the molecule is CCOC(=O)c1c(C)nc(-n2cc(-c3ccccc3)nn2)nc1-c1ccc(Cl)cc1. The second kappa shape index (κ2) is 8.42. The van der Waals surface area contributed by atoms with Crippen LogP contribution in [0.3, 0.4) is 0 Å². The van der Waals surface area contributed by atoms with Crippen molar-refractivity contribution in [3.63, 3.8) is 0 Å². The van der Waals surface area contributed by atoms with Crippen molar-refractivity contribution in [2.75, 3.05) is 6.61 Å². The summed E-state index contributed by atoms with van der Waals surface area (Å²) in [5.41, 5.74) is 3.59. The Morgan fingerprint density at radius 1 is 1.03 bits per heavy atom. The van der Waals surface area contributed by atoms with Crippen LogP contribution in [-0.4, -0.2) is 37.5 Å². The summed E-state index contributed by atoms with van der Waals surface area (Å²) in [6, 6.07) is 16.8. The van der Waals surface area contributed by atoms with Gasteiger partial charge in [-0.3, -0.25) is 0 Å². The molecule has 0 aliphatic heterocycles. The van der Waals surface area contributed by atoms with E-state index in [1.807, 2.05) is 30.3 Å². The molecule has 0 saturated carbocycles. The van der Waals surface area contributed by atoms with Gasteiger partial charge in [0.25, 0.3) is 5.95 Å². The molecular formula is C22H18ClN5O2. The van der Waals surface area contributed by atoms with E-state index in [1.54, 1.807) is 44.3 Å². The van der Waals surface area contributed by atoms with E-state index in [1.165, 1.54) is 4.68 Å². The maximum absolute atomic E-state index is 12.6. The highest BCUT2D eigenvalue weighted by Crippen LogP contribution is 2.27. The molecule has 0 N–H and O–H groups in total. The van der Waals surface area contributed by atoms with Crippen LogP contribution in [0, 0.1) is 6.92 Å². The molecule has 30 heavy (non-hydrogen) atoms. The lowest BCUT2D eigenvalue weighted by Gasteiger charge is -2.12. The number of carbonyl (C=O) groups is 1. The molecule has 0 aliphatic rings. The van der Waals surface area contributed by atoms with Crippen LogP contribution in [0.2, 0.25) is 5.02 Å². The Bertz CT molecular complexity index is 1190. The molecule has 0 atom stereocenters. The van der Waals surface area contributed by atoms with Crippen LogP contribution in [0.25, 0.3) is 28.5 Å². The topological polar surface area (TPSA) is 82.8 Å². The minimum Gasteiger partial charge on any atom is -0.462 e. The highest BCUT2D eigenvalue weighted by atomic mass is 35.5. The largest absolute Gasteiger partial charge is 0.462 e. The van der Waals surface area contributed by atoms with Gasteiger partial charge in [-0.05, 0) is 26.0 Å². The minimum absolute atomic E-state index is 0.254. The number of carbonyl (C=O) groups excluding carboxylic acids is 1. The molecule has 150 valence electrons. The number of esters is 1. The molecule has 0 amide bonds. The third kappa shape index (κ3) is 3.92. The predicted octanol–water partition coefficient (Wildman–Crippen LogP) is 4.53. The number of hydrogen-bond acceptors (Lipinski definition) is 6. The monoisotopic (exact) mass is 419 g/mol. The lowest BCUT2D eigenvalue weighted by molar-refractivity contribution is 0.0525. The first-order valence-corrected chi connectivity index (χ1v) is 9.74. The average Bonchev–Trinajstić information content (AvgIpc) is 3.25. The van der Waals surface area contributed by atoms with Crippen LogP contribution in [-0.2, 0) is 4.74 Å². The van der Waals surface area contributed by atoms with Gasteiger partial charge in [-0.25, -0.2) is 14.8 Å². The molecule has 0 fully saturated rings. The number of aromatic nitrogens is 5. The zero-order valence-corrected chi connectivity index (χ0v) is 17.2. The van der Waals surface area contributed by atoms with Crippen molar-refractivity contribution in [1.29, 1.82) is 0 Å². The summed E-state index contributed by atoms with van der Waals surface area (Å²) < 4.78 is 6.71. The Morgan fingerprint density at radius 2 is 1.77 bits per heavy atom. The van der Waals surface area contributed by atoms with Gasteiger partial charge in [0, 0.05) is 16.1 Å². The van der Waals surface area contributed by atoms with E-state index in [2.05, 4.69) is 20.3 Å². The third-order valence-electron chi connectivity index (χ3n) is 4.44. The normalized spacial score (nSPS) is 10.8. The molecule has 2 heterocycles. The van der Waals surface area contributed by atoms with Crippen LogP contribution in [0.4, 0.5) is 0 Å². The molecule has 4 rings (SSSR count). The second-order valence-electron chi connectivity index (χ2n) is 6.47. The van der Waals surface area contributed by atoms with Gasteiger partial charge < -0.3 is 4.74 Å². The van der Waals surface area contributed by atoms with Gasteiger partial charge in [-0.2, -0.15) is 4.68 Å². The quantitative estimate of drug-likeness (QED) is 0.442. The van der Waals surface area contributed by atoms with E-state index in [-0.39, 0.29) is 6.61 Å². The number of aryl methyl sites for hydroxylation is 1. The van der Waals surface area contributed by atoms with Crippen LogP contribution in [0.5, 0.6) is 0 Å². The maximum atomic E-state index is 12.6. The number of ether oxygens (including phenoxy) is 1. The Labute approximate surface area is 178 Å². The highest BCUT2D eigenvalue weighted by Gasteiger charge is 2.22. The average molecular weight is 420 g/mol. The number of nitrogens with zero attached hydrogens (tertiary/aromatic N) is 5. The van der Waals surface area contributed by atoms with Gasteiger partial charge in [0.15, 0.2) is 0 Å². The summed E-state index contributed by atoms with van der Waals surface area (Å²) in [6.07, 6.45) is 1.75. The summed E-state index contributed by atoms with van der Waals surface area (Å²) in [7, 11) is 0. The van der Waals surface area contributed by atoms with Crippen molar-refractivity contribution in [1.82, 2.24) is 25.0 Å². The number of hydrogen-bond donors (Lipinski definition) is 0. The van der Waals surface area contributed by atoms with Gasteiger partial charge >= 0.3 is 5.97 Å². The lowest BCUT2D eigenvalue weighted by Crippen LogP contribution is -2.14. The zero-order chi connectivity index (χ0) is 21.1. The van der Waals surface area contributed by atoms with Crippen LogP contribution < -0.4 is 0 Å². The molecule has 2 aromatic heterocycles. The Kier molecular flexibility index (Phi) is 5.54. The first-order chi connectivity index (χ1) is 14.6. The van der Waals surface area contributed by atoms with Gasteiger partial charge in [-0.1, -0.05) is 59.3 Å². The van der Waals surface area contributed by atoms with E-state index in [9.17, 15) is 4.79 Å². The molecule has 2 aromatic carbocycles. The fourth-order valence-electron chi connectivity index (χ4n) is 3.03. The standard InChI is InChI=1S/C22H18ClN5O2/c1-3-30-21(29)19-14(2)24-22(25-20(19)16-9-11-17(23)12-10-16)28-13-18(26-27-28)15-7-5-4-6-8-15/h4-13H,3H2,1-2H3. The molecule has 0 spiro atoms. The summed E-state index contributed by atoms with van der Waals surface area (Å²) in [5.74, 6) is -0.171. The zero-order valence-electron chi connectivity index (χ0n) is 16.4. The van der Waals surface area contributed by atoms with Crippen molar-refractivity contribution in [3.8, 4) is 28.5 Å². The first-order valence-electron chi connectivity index (χ1n) is 9.36. The van der Waals surface area contributed by atoms with Gasteiger partial charge in [0.1, 0.15) is 11.3 Å². The summed E-state index contributed by atoms with van der Waals surface area (Å²) >= 11 is 6.02. The van der Waals surface area contributed by atoms with E-state index < -0.39 is 5.97 Å². The minimum atomic E-state index is -0.477. The van der Waals surface area contributed by atoms with Gasteiger partial charge in [-0.15, -0.1) is 5.10 Å². The number of rotatable bonds is 5. The highest BCUT2D eigenvalue weighted by molar-refractivity contribution is 6.30.